The van der Waals surface area contributed by atoms with Crippen LogP contribution < -0.4 is 11.2 Å². The van der Waals surface area contributed by atoms with E-state index in [1.165, 1.54) is 11.6 Å². The largest absolute Gasteiger partial charge is 0.330 e. The third-order valence-electron chi connectivity index (χ3n) is 3.15. The fourth-order valence-corrected chi connectivity index (χ4v) is 2.13. The van der Waals surface area contributed by atoms with Crippen molar-refractivity contribution in [2.75, 3.05) is 0 Å². The van der Waals surface area contributed by atoms with Crippen molar-refractivity contribution in [3.63, 3.8) is 0 Å². The van der Waals surface area contributed by atoms with Crippen molar-refractivity contribution < 1.29 is 0 Å². The van der Waals surface area contributed by atoms with Crippen LogP contribution in [0.25, 0.3) is 10.9 Å². The summed E-state index contributed by atoms with van der Waals surface area (Å²) < 4.78 is 2.68. The SMILES string of the molecule is CC(C)c1cccc2c1c(=O)n(C)c(=O)n2C. The summed E-state index contributed by atoms with van der Waals surface area (Å²) >= 11 is 0. The average molecular weight is 232 g/mol. The number of fused-ring (bicyclic) bond motifs is 1. The molecular formula is C13H16N2O2. The number of aryl methyl sites for hydroxylation is 1. The molecule has 0 aliphatic carbocycles. The van der Waals surface area contributed by atoms with Gasteiger partial charge < -0.3 is 0 Å². The van der Waals surface area contributed by atoms with Gasteiger partial charge >= 0.3 is 5.69 Å². The van der Waals surface area contributed by atoms with E-state index in [1.807, 2.05) is 32.0 Å². The van der Waals surface area contributed by atoms with Crippen LogP contribution in [-0.4, -0.2) is 9.13 Å². The van der Waals surface area contributed by atoms with Gasteiger partial charge in [0, 0.05) is 14.1 Å². The zero-order valence-electron chi connectivity index (χ0n) is 10.5. The van der Waals surface area contributed by atoms with Crippen LogP contribution in [0.4, 0.5) is 0 Å². The van der Waals surface area contributed by atoms with Gasteiger partial charge in [0.2, 0.25) is 0 Å². The monoisotopic (exact) mass is 232 g/mol. The molecule has 0 spiro atoms. The molecule has 4 nitrogen and oxygen atoms in total. The van der Waals surface area contributed by atoms with Crippen molar-refractivity contribution >= 4 is 10.9 Å². The molecule has 0 saturated heterocycles. The second kappa shape index (κ2) is 3.87. The molecule has 90 valence electrons. The van der Waals surface area contributed by atoms with Gasteiger partial charge in [0.05, 0.1) is 10.9 Å². The van der Waals surface area contributed by atoms with Crippen molar-refractivity contribution in [2.24, 2.45) is 14.1 Å². The Labute approximate surface area is 99.1 Å². The van der Waals surface area contributed by atoms with Crippen LogP contribution in [0.3, 0.4) is 0 Å². The Bertz CT molecular complexity index is 693. The standard InChI is InChI=1S/C13H16N2O2/c1-8(2)9-6-5-7-10-11(9)12(16)15(4)13(17)14(10)3/h5-8H,1-4H3. The van der Waals surface area contributed by atoms with E-state index in [9.17, 15) is 9.59 Å². The molecule has 0 bridgehead atoms. The third-order valence-corrected chi connectivity index (χ3v) is 3.15. The number of nitrogens with zero attached hydrogens (tertiary/aromatic N) is 2. The predicted molar refractivity (Wildman–Crippen MR) is 68.5 cm³/mol. The lowest BCUT2D eigenvalue weighted by Gasteiger charge is -2.12. The minimum absolute atomic E-state index is 0.215. The third kappa shape index (κ3) is 1.60. The van der Waals surface area contributed by atoms with Gasteiger partial charge in [-0.3, -0.25) is 13.9 Å². The van der Waals surface area contributed by atoms with Crippen LogP contribution >= 0.6 is 0 Å². The summed E-state index contributed by atoms with van der Waals surface area (Å²) in [7, 11) is 3.20. The first-order valence-electron chi connectivity index (χ1n) is 5.63. The van der Waals surface area contributed by atoms with Crippen LogP contribution in [-0.2, 0) is 14.1 Å². The van der Waals surface area contributed by atoms with Crippen molar-refractivity contribution in [3.05, 3.63) is 44.6 Å². The topological polar surface area (TPSA) is 44.0 Å². The maximum Gasteiger partial charge on any atom is 0.330 e. The number of benzene rings is 1. The molecule has 0 N–H and O–H groups in total. The Morgan fingerprint density at radius 2 is 1.71 bits per heavy atom. The molecular weight excluding hydrogens is 216 g/mol. The van der Waals surface area contributed by atoms with Crippen molar-refractivity contribution in [1.29, 1.82) is 0 Å². The lowest BCUT2D eigenvalue weighted by Crippen LogP contribution is -2.37. The van der Waals surface area contributed by atoms with E-state index in [1.54, 1.807) is 7.05 Å². The van der Waals surface area contributed by atoms with E-state index in [4.69, 9.17) is 0 Å². The summed E-state index contributed by atoms with van der Waals surface area (Å²) in [4.78, 5) is 24.0. The Kier molecular flexibility index (Phi) is 2.65. The van der Waals surface area contributed by atoms with Gasteiger partial charge in [-0.2, -0.15) is 0 Å². The molecule has 1 aromatic carbocycles. The highest BCUT2D eigenvalue weighted by Gasteiger charge is 2.13. The molecule has 2 aromatic rings. The number of rotatable bonds is 1. The van der Waals surface area contributed by atoms with Crippen LogP contribution in [0, 0.1) is 0 Å². The Balaban J connectivity index is 3.12. The van der Waals surface area contributed by atoms with Crippen LogP contribution in [0.2, 0.25) is 0 Å². The minimum atomic E-state index is -0.289. The average Bonchev–Trinajstić information content (AvgIpc) is 2.32. The van der Waals surface area contributed by atoms with Gasteiger partial charge in [-0.15, -0.1) is 0 Å². The summed E-state index contributed by atoms with van der Waals surface area (Å²) in [6.07, 6.45) is 0. The summed E-state index contributed by atoms with van der Waals surface area (Å²) in [5.74, 6) is 0.254. The van der Waals surface area contributed by atoms with E-state index < -0.39 is 0 Å². The molecule has 0 amide bonds. The van der Waals surface area contributed by atoms with Crippen LogP contribution in [0.5, 0.6) is 0 Å². The molecule has 0 aliphatic heterocycles. The van der Waals surface area contributed by atoms with Crippen molar-refractivity contribution in [3.8, 4) is 0 Å². The quantitative estimate of drug-likeness (QED) is 0.745. The van der Waals surface area contributed by atoms with Gasteiger partial charge in [-0.1, -0.05) is 26.0 Å². The van der Waals surface area contributed by atoms with Crippen molar-refractivity contribution in [2.45, 2.75) is 19.8 Å². The van der Waals surface area contributed by atoms with E-state index in [0.717, 1.165) is 10.1 Å². The Morgan fingerprint density at radius 3 is 2.29 bits per heavy atom. The first-order valence-corrected chi connectivity index (χ1v) is 5.63. The Morgan fingerprint density at radius 1 is 1.06 bits per heavy atom. The zero-order valence-corrected chi connectivity index (χ0v) is 10.5. The molecule has 2 rings (SSSR count). The number of hydrogen-bond donors (Lipinski definition) is 0. The molecule has 0 unspecified atom stereocenters. The first-order chi connectivity index (χ1) is 7.95. The lowest BCUT2D eigenvalue weighted by atomic mass is 9.99. The summed E-state index contributed by atoms with van der Waals surface area (Å²) in [5, 5.41) is 0.645. The van der Waals surface area contributed by atoms with Crippen LogP contribution in [0.15, 0.2) is 27.8 Å². The molecule has 0 aliphatic rings. The number of aromatic nitrogens is 2. The predicted octanol–water partition coefficient (Wildman–Crippen LogP) is 1.36. The highest BCUT2D eigenvalue weighted by molar-refractivity contribution is 5.82. The number of hydrogen-bond acceptors (Lipinski definition) is 2. The van der Waals surface area contributed by atoms with E-state index in [-0.39, 0.29) is 17.2 Å². The second-order valence-corrected chi connectivity index (χ2v) is 4.60. The highest BCUT2D eigenvalue weighted by Crippen LogP contribution is 2.21. The second-order valence-electron chi connectivity index (χ2n) is 4.60. The van der Waals surface area contributed by atoms with Gasteiger partial charge in [0.25, 0.3) is 5.56 Å². The van der Waals surface area contributed by atoms with Gasteiger partial charge in [-0.05, 0) is 17.5 Å². The smallest absolute Gasteiger partial charge is 0.296 e. The fourth-order valence-electron chi connectivity index (χ4n) is 2.13. The van der Waals surface area contributed by atoms with E-state index in [2.05, 4.69) is 0 Å². The lowest BCUT2D eigenvalue weighted by molar-refractivity contribution is 0.710. The maximum absolute atomic E-state index is 12.2. The maximum atomic E-state index is 12.2. The van der Waals surface area contributed by atoms with Gasteiger partial charge in [-0.25, -0.2) is 4.79 Å². The molecule has 4 heteroatoms. The van der Waals surface area contributed by atoms with Gasteiger partial charge in [0.1, 0.15) is 0 Å². The molecule has 0 saturated carbocycles. The normalized spacial score (nSPS) is 11.4. The highest BCUT2D eigenvalue weighted by atomic mass is 16.2. The molecule has 0 radical (unpaired) electrons. The first kappa shape index (κ1) is 11.6. The minimum Gasteiger partial charge on any atom is -0.296 e. The summed E-state index contributed by atoms with van der Waals surface area (Å²) in [6, 6.07) is 5.64. The van der Waals surface area contributed by atoms with E-state index in [0.29, 0.717) is 10.9 Å². The summed E-state index contributed by atoms with van der Waals surface area (Å²) in [5.41, 5.74) is 1.18. The van der Waals surface area contributed by atoms with E-state index >= 15 is 0 Å². The van der Waals surface area contributed by atoms with Crippen LogP contribution in [0.1, 0.15) is 25.3 Å². The van der Waals surface area contributed by atoms with Gasteiger partial charge in [0.15, 0.2) is 0 Å². The molecule has 17 heavy (non-hydrogen) atoms. The molecule has 1 aromatic heterocycles. The Hall–Kier alpha value is -1.84. The fraction of sp³-hybridized carbons (Fsp3) is 0.385. The van der Waals surface area contributed by atoms with Crippen molar-refractivity contribution in [1.82, 2.24) is 9.13 Å². The molecule has 0 atom stereocenters. The summed E-state index contributed by atoms with van der Waals surface area (Å²) in [6.45, 7) is 4.08. The molecule has 1 heterocycles. The zero-order chi connectivity index (χ0) is 12.7. The molecule has 0 fully saturated rings.